The van der Waals surface area contributed by atoms with Crippen LogP contribution in [0, 0.1) is 11.3 Å². The van der Waals surface area contributed by atoms with E-state index in [1.165, 1.54) is 7.11 Å². The number of methoxy groups -OCH3 is 1. The Labute approximate surface area is 175 Å². The van der Waals surface area contributed by atoms with Crippen LogP contribution in [0.15, 0.2) is 36.5 Å². The molecule has 1 saturated heterocycles. The SMILES string of the molecule is COC(=O)c1cc(-c2ccc([C@@]34C[C@@H]3CN(C(=O)O)C4C(C)(C)C)cc2)cnc1N. The fraction of sp³-hybridized carbons (Fsp3) is 0.435. The number of aromatic nitrogens is 1. The van der Waals surface area contributed by atoms with E-state index in [-0.39, 0.29) is 28.3 Å². The lowest BCUT2D eigenvalue weighted by Gasteiger charge is -2.40. The lowest BCUT2D eigenvalue weighted by atomic mass is 9.73. The Morgan fingerprint density at radius 2 is 1.90 bits per heavy atom. The summed E-state index contributed by atoms with van der Waals surface area (Å²) in [5.74, 6) is -0.0339. The van der Waals surface area contributed by atoms with Gasteiger partial charge in [-0.25, -0.2) is 14.6 Å². The minimum absolute atomic E-state index is 0.0672. The maximum atomic E-state index is 11.9. The average Bonchev–Trinajstić information content (AvgIpc) is 3.30. The first-order valence-electron chi connectivity index (χ1n) is 10.0. The molecule has 1 amide bonds. The Bertz CT molecular complexity index is 1010. The summed E-state index contributed by atoms with van der Waals surface area (Å²) in [5.41, 5.74) is 8.58. The minimum atomic E-state index is -0.846. The number of carboxylic acid groups (broad SMARTS) is 1. The van der Waals surface area contributed by atoms with Gasteiger partial charge in [-0.3, -0.25) is 0 Å². The van der Waals surface area contributed by atoms with Gasteiger partial charge in [0.15, 0.2) is 0 Å². The molecule has 1 aromatic carbocycles. The second kappa shape index (κ2) is 6.72. The van der Waals surface area contributed by atoms with Crippen molar-refractivity contribution in [3.63, 3.8) is 0 Å². The van der Waals surface area contributed by atoms with Crippen molar-refractivity contribution in [2.24, 2.45) is 11.3 Å². The highest BCUT2D eigenvalue weighted by molar-refractivity contribution is 5.95. The van der Waals surface area contributed by atoms with Crippen molar-refractivity contribution < 1.29 is 19.4 Å². The maximum absolute atomic E-state index is 11.9. The van der Waals surface area contributed by atoms with Gasteiger partial charge in [-0.2, -0.15) is 0 Å². The Kier molecular flexibility index (Phi) is 4.52. The first-order valence-corrected chi connectivity index (χ1v) is 10.0. The lowest BCUT2D eigenvalue weighted by molar-refractivity contribution is 0.0601. The molecule has 7 nitrogen and oxygen atoms in total. The standard InChI is InChI=1S/C23H27N3O4/c1-22(2,3)20-23(10-16(23)12-26(20)21(28)29)15-7-5-13(6-8-15)14-9-17(19(27)30-4)18(24)25-11-14/h5-9,11,16,20H,10,12H2,1-4H3,(H2,24,25)(H,28,29)/t16-,20?,23+/m1/s1. The summed E-state index contributed by atoms with van der Waals surface area (Å²) in [4.78, 5) is 29.5. The van der Waals surface area contributed by atoms with Crippen molar-refractivity contribution >= 4 is 17.9 Å². The second-order valence-electron chi connectivity index (χ2n) is 9.37. The van der Waals surface area contributed by atoms with Gasteiger partial charge in [0.05, 0.1) is 7.11 Å². The number of likely N-dealkylation sites (tertiary alicyclic amines) is 1. The molecule has 1 aliphatic heterocycles. The summed E-state index contributed by atoms with van der Waals surface area (Å²) in [5, 5.41) is 9.72. The van der Waals surface area contributed by atoms with Crippen LogP contribution in [0.25, 0.3) is 11.1 Å². The Balaban J connectivity index is 1.68. The zero-order valence-corrected chi connectivity index (χ0v) is 17.7. The zero-order chi connectivity index (χ0) is 21.8. The third kappa shape index (κ3) is 3.00. The number of anilines is 1. The molecule has 1 aliphatic carbocycles. The van der Waals surface area contributed by atoms with Crippen LogP contribution < -0.4 is 5.73 Å². The van der Waals surface area contributed by atoms with Crippen LogP contribution in [0.2, 0.25) is 0 Å². The summed E-state index contributed by atoms with van der Waals surface area (Å²) in [6.45, 7) is 6.92. The summed E-state index contributed by atoms with van der Waals surface area (Å²) in [6.07, 6.45) is 1.80. The number of carbonyl (C=O) groups is 2. The van der Waals surface area contributed by atoms with E-state index >= 15 is 0 Å². The number of hydrogen-bond donors (Lipinski definition) is 2. The van der Waals surface area contributed by atoms with E-state index in [1.54, 1.807) is 17.2 Å². The molecule has 1 unspecified atom stereocenters. The van der Waals surface area contributed by atoms with E-state index in [9.17, 15) is 14.7 Å². The molecule has 2 aromatic rings. The zero-order valence-electron chi connectivity index (χ0n) is 17.7. The number of fused-ring (bicyclic) bond motifs is 1. The fourth-order valence-electron chi connectivity index (χ4n) is 5.35. The number of nitrogen functional groups attached to an aromatic ring is 1. The van der Waals surface area contributed by atoms with Crippen LogP contribution in [0.1, 0.15) is 43.1 Å². The molecule has 0 radical (unpaired) electrons. The lowest BCUT2D eigenvalue weighted by Crippen LogP contribution is -2.49. The third-order valence-electron chi connectivity index (χ3n) is 6.51. The van der Waals surface area contributed by atoms with Crippen molar-refractivity contribution in [1.29, 1.82) is 0 Å². The Morgan fingerprint density at radius 3 is 2.47 bits per heavy atom. The van der Waals surface area contributed by atoms with E-state index < -0.39 is 12.1 Å². The maximum Gasteiger partial charge on any atom is 0.407 e. The van der Waals surface area contributed by atoms with Crippen molar-refractivity contribution in [1.82, 2.24) is 9.88 Å². The molecule has 0 bridgehead atoms. The fourth-order valence-corrected chi connectivity index (χ4v) is 5.35. The number of esters is 1. The number of piperidine rings is 1. The first-order chi connectivity index (χ1) is 14.1. The third-order valence-corrected chi connectivity index (χ3v) is 6.51. The molecule has 4 rings (SSSR count). The number of pyridine rings is 1. The van der Waals surface area contributed by atoms with E-state index in [0.29, 0.717) is 12.5 Å². The van der Waals surface area contributed by atoms with E-state index in [1.807, 2.05) is 12.1 Å². The van der Waals surface area contributed by atoms with Gasteiger partial charge < -0.3 is 20.5 Å². The van der Waals surface area contributed by atoms with Gasteiger partial charge >= 0.3 is 12.1 Å². The molecule has 7 heteroatoms. The number of ether oxygens (including phenoxy) is 1. The van der Waals surface area contributed by atoms with Gasteiger partial charge in [0.2, 0.25) is 0 Å². The van der Waals surface area contributed by atoms with Gasteiger partial charge in [0.25, 0.3) is 0 Å². The molecule has 3 atom stereocenters. The summed E-state index contributed by atoms with van der Waals surface area (Å²) in [7, 11) is 1.31. The second-order valence-corrected chi connectivity index (χ2v) is 9.37. The molecular weight excluding hydrogens is 382 g/mol. The number of hydrogen-bond acceptors (Lipinski definition) is 5. The molecule has 1 saturated carbocycles. The number of nitrogens with zero attached hydrogens (tertiary/aromatic N) is 2. The largest absolute Gasteiger partial charge is 0.465 e. The Morgan fingerprint density at radius 1 is 1.23 bits per heavy atom. The van der Waals surface area contributed by atoms with E-state index in [2.05, 4.69) is 37.9 Å². The van der Waals surface area contributed by atoms with Crippen LogP contribution in [-0.4, -0.2) is 46.7 Å². The van der Waals surface area contributed by atoms with Crippen molar-refractivity contribution in [3.8, 4) is 11.1 Å². The molecular formula is C23H27N3O4. The van der Waals surface area contributed by atoms with E-state index in [0.717, 1.165) is 23.1 Å². The molecule has 2 fully saturated rings. The first kappa shape index (κ1) is 20.2. The van der Waals surface area contributed by atoms with Crippen LogP contribution in [0.3, 0.4) is 0 Å². The van der Waals surface area contributed by atoms with Gasteiger partial charge in [0, 0.05) is 29.8 Å². The van der Waals surface area contributed by atoms with Gasteiger partial charge in [-0.15, -0.1) is 0 Å². The number of amides is 1. The van der Waals surface area contributed by atoms with Crippen LogP contribution in [0.5, 0.6) is 0 Å². The van der Waals surface area contributed by atoms with E-state index in [4.69, 9.17) is 10.5 Å². The number of carbonyl (C=O) groups excluding carboxylic acids is 1. The molecule has 3 N–H and O–H groups in total. The smallest absolute Gasteiger partial charge is 0.407 e. The van der Waals surface area contributed by atoms with Crippen molar-refractivity contribution in [3.05, 3.63) is 47.7 Å². The highest BCUT2D eigenvalue weighted by Crippen LogP contribution is 2.65. The quantitative estimate of drug-likeness (QED) is 0.747. The highest BCUT2D eigenvalue weighted by atomic mass is 16.5. The average molecular weight is 409 g/mol. The van der Waals surface area contributed by atoms with Gasteiger partial charge in [-0.1, -0.05) is 45.0 Å². The molecule has 1 aromatic heterocycles. The van der Waals surface area contributed by atoms with Crippen molar-refractivity contribution in [2.75, 3.05) is 19.4 Å². The number of rotatable bonds is 3. The molecule has 2 aliphatic rings. The predicted octanol–water partition coefficient (Wildman–Crippen LogP) is 3.78. The number of nitrogens with two attached hydrogens (primary N) is 1. The van der Waals surface area contributed by atoms with Crippen molar-refractivity contribution in [2.45, 2.75) is 38.6 Å². The molecule has 158 valence electrons. The summed E-state index contributed by atoms with van der Waals surface area (Å²) < 4.78 is 4.77. The molecule has 0 spiro atoms. The summed E-state index contributed by atoms with van der Waals surface area (Å²) in [6, 6.07) is 9.76. The predicted molar refractivity (Wildman–Crippen MR) is 113 cm³/mol. The van der Waals surface area contributed by atoms with Crippen LogP contribution in [0.4, 0.5) is 10.6 Å². The Hall–Kier alpha value is -3.09. The van der Waals surface area contributed by atoms with Gasteiger partial charge in [0.1, 0.15) is 11.4 Å². The topological polar surface area (TPSA) is 106 Å². The minimum Gasteiger partial charge on any atom is -0.465 e. The normalized spacial score (nSPS) is 25.0. The molecule has 30 heavy (non-hydrogen) atoms. The summed E-state index contributed by atoms with van der Waals surface area (Å²) >= 11 is 0. The van der Waals surface area contributed by atoms with Crippen LogP contribution in [-0.2, 0) is 10.2 Å². The van der Waals surface area contributed by atoms with Gasteiger partial charge in [-0.05, 0) is 34.9 Å². The number of benzene rings is 1. The van der Waals surface area contributed by atoms with Crippen LogP contribution >= 0.6 is 0 Å². The monoisotopic (exact) mass is 409 g/mol. The molecule has 2 heterocycles. The highest BCUT2D eigenvalue weighted by Gasteiger charge is 2.70.